The number of ether oxygens (including phenoxy) is 2. The zero-order chi connectivity index (χ0) is 19.3. The summed E-state index contributed by atoms with van der Waals surface area (Å²) in [5.41, 5.74) is 1.12. The summed E-state index contributed by atoms with van der Waals surface area (Å²) in [4.78, 5) is 12.6. The van der Waals surface area contributed by atoms with E-state index in [0.717, 1.165) is 43.6 Å². The van der Waals surface area contributed by atoms with E-state index < -0.39 is 0 Å². The number of methoxy groups -OCH3 is 1. The van der Waals surface area contributed by atoms with Crippen LogP contribution in [0.15, 0.2) is 29.4 Å². The Balaban J connectivity index is 1.32. The van der Waals surface area contributed by atoms with E-state index in [9.17, 15) is 4.79 Å². The molecule has 4 rings (SSSR count). The van der Waals surface area contributed by atoms with Crippen molar-refractivity contribution in [1.29, 1.82) is 0 Å². The van der Waals surface area contributed by atoms with Gasteiger partial charge in [-0.15, -0.1) is 5.10 Å². The van der Waals surface area contributed by atoms with Gasteiger partial charge in [0, 0.05) is 6.61 Å². The Morgan fingerprint density at radius 1 is 1.36 bits per heavy atom. The second kappa shape index (κ2) is 8.91. The Kier molecular flexibility index (Phi) is 6.11. The number of hydrogen-bond donors (Lipinski definition) is 1. The molecule has 2 heterocycles. The molecule has 2 aromatic rings. The lowest BCUT2D eigenvalue weighted by molar-refractivity contribution is -0.119. The van der Waals surface area contributed by atoms with E-state index >= 15 is 0 Å². The lowest BCUT2D eigenvalue weighted by Gasteiger charge is -2.19. The smallest absolute Gasteiger partial charge is 0.230 e. The molecule has 2 fully saturated rings. The number of tetrazole rings is 1. The Morgan fingerprint density at radius 3 is 2.86 bits per heavy atom. The van der Waals surface area contributed by atoms with E-state index in [1.54, 1.807) is 11.8 Å². The number of nitrogens with zero attached hydrogens (tertiary/aromatic N) is 4. The van der Waals surface area contributed by atoms with Gasteiger partial charge in [-0.2, -0.15) is 0 Å². The first kappa shape index (κ1) is 19.2. The highest BCUT2D eigenvalue weighted by Crippen LogP contribution is 2.41. The number of nitrogens with one attached hydrogen (secondary N) is 1. The van der Waals surface area contributed by atoms with Crippen molar-refractivity contribution in [2.75, 3.05) is 19.5 Å². The van der Waals surface area contributed by atoms with Gasteiger partial charge >= 0.3 is 0 Å². The SMILES string of the molecule is COc1ccc(C(NC(=O)CSc2nnnn2CC2CCCO2)C2CC2)cc1. The largest absolute Gasteiger partial charge is 0.497 e. The summed E-state index contributed by atoms with van der Waals surface area (Å²) in [6, 6.07) is 7.96. The maximum Gasteiger partial charge on any atom is 0.230 e. The Morgan fingerprint density at radius 2 is 2.18 bits per heavy atom. The Hall–Kier alpha value is -2.13. The van der Waals surface area contributed by atoms with Crippen LogP contribution >= 0.6 is 11.8 Å². The second-order valence-electron chi connectivity index (χ2n) is 7.22. The number of benzene rings is 1. The standard InChI is InChI=1S/C19H25N5O3S/c1-26-15-8-6-14(7-9-15)18(13-4-5-13)20-17(25)12-28-19-21-22-23-24(19)11-16-3-2-10-27-16/h6-9,13,16,18H,2-5,10-12H2,1H3,(H,20,25). The van der Waals surface area contributed by atoms with Gasteiger partial charge in [-0.3, -0.25) is 4.79 Å². The van der Waals surface area contributed by atoms with Gasteiger partial charge in [-0.05, 0) is 59.7 Å². The van der Waals surface area contributed by atoms with Crippen LogP contribution < -0.4 is 10.1 Å². The molecular weight excluding hydrogens is 378 g/mol. The van der Waals surface area contributed by atoms with Crippen LogP contribution in [0.5, 0.6) is 5.75 Å². The predicted molar refractivity (Wildman–Crippen MR) is 104 cm³/mol. The highest BCUT2D eigenvalue weighted by atomic mass is 32.2. The number of hydrogen-bond acceptors (Lipinski definition) is 7. The number of carbonyl (C=O) groups excluding carboxylic acids is 1. The third kappa shape index (κ3) is 4.82. The molecule has 1 saturated heterocycles. The van der Waals surface area contributed by atoms with E-state index in [1.165, 1.54) is 11.8 Å². The van der Waals surface area contributed by atoms with Crippen LogP contribution in [-0.4, -0.2) is 51.7 Å². The van der Waals surface area contributed by atoms with Crippen LogP contribution in [0.25, 0.3) is 0 Å². The fourth-order valence-corrected chi connectivity index (χ4v) is 4.15. The van der Waals surface area contributed by atoms with Crippen molar-refractivity contribution in [2.45, 2.75) is 49.5 Å². The average molecular weight is 404 g/mol. The van der Waals surface area contributed by atoms with Crippen molar-refractivity contribution >= 4 is 17.7 Å². The van der Waals surface area contributed by atoms with Crippen molar-refractivity contribution in [2.24, 2.45) is 5.92 Å². The topological polar surface area (TPSA) is 91.2 Å². The normalized spacial score (nSPS) is 20.1. The summed E-state index contributed by atoms with van der Waals surface area (Å²) >= 11 is 1.36. The second-order valence-corrected chi connectivity index (χ2v) is 8.17. The third-order valence-corrected chi connectivity index (χ3v) is 6.07. The van der Waals surface area contributed by atoms with Gasteiger partial charge in [-0.1, -0.05) is 23.9 Å². The lowest BCUT2D eigenvalue weighted by Crippen LogP contribution is -2.31. The molecule has 0 spiro atoms. The van der Waals surface area contributed by atoms with Gasteiger partial charge in [0.1, 0.15) is 5.75 Å². The molecule has 1 saturated carbocycles. The fraction of sp³-hybridized carbons (Fsp3) is 0.579. The molecule has 0 radical (unpaired) electrons. The number of carbonyl (C=O) groups is 1. The molecule has 8 nitrogen and oxygen atoms in total. The van der Waals surface area contributed by atoms with Crippen LogP contribution in [0.4, 0.5) is 0 Å². The molecule has 1 aromatic heterocycles. The van der Waals surface area contributed by atoms with Gasteiger partial charge in [-0.25, -0.2) is 4.68 Å². The molecule has 1 N–H and O–H groups in total. The predicted octanol–water partition coefficient (Wildman–Crippen LogP) is 2.22. The Bertz CT molecular complexity index is 787. The first-order valence-electron chi connectivity index (χ1n) is 9.67. The van der Waals surface area contributed by atoms with Crippen molar-refractivity contribution in [1.82, 2.24) is 25.5 Å². The summed E-state index contributed by atoms with van der Waals surface area (Å²) < 4.78 is 12.6. The first-order chi connectivity index (χ1) is 13.7. The number of rotatable bonds is 9. The highest BCUT2D eigenvalue weighted by Gasteiger charge is 2.33. The average Bonchev–Trinajstić information content (AvgIpc) is 3.25. The van der Waals surface area contributed by atoms with E-state index in [-0.39, 0.29) is 23.8 Å². The molecule has 2 aliphatic rings. The fourth-order valence-electron chi connectivity index (χ4n) is 3.45. The molecular formula is C19H25N5O3S. The summed E-state index contributed by atoms with van der Waals surface area (Å²) in [5.74, 6) is 1.60. The lowest BCUT2D eigenvalue weighted by atomic mass is 10.0. The van der Waals surface area contributed by atoms with E-state index in [0.29, 0.717) is 17.6 Å². The van der Waals surface area contributed by atoms with Crippen LogP contribution in [0.1, 0.15) is 37.3 Å². The molecule has 1 aromatic carbocycles. The number of thioether (sulfide) groups is 1. The van der Waals surface area contributed by atoms with E-state index in [4.69, 9.17) is 9.47 Å². The zero-order valence-electron chi connectivity index (χ0n) is 15.9. The minimum absolute atomic E-state index is 0.00983. The minimum Gasteiger partial charge on any atom is -0.497 e. The van der Waals surface area contributed by atoms with Gasteiger partial charge in [0.25, 0.3) is 0 Å². The summed E-state index contributed by atoms with van der Waals surface area (Å²) in [6.45, 7) is 1.43. The van der Waals surface area contributed by atoms with E-state index in [2.05, 4.69) is 20.8 Å². The molecule has 150 valence electrons. The summed E-state index contributed by atoms with van der Waals surface area (Å²) in [7, 11) is 1.65. The quantitative estimate of drug-likeness (QED) is 0.642. The molecule has 1 amide bonds. The van der Waals surface area contributed by atoms with Gasteiger partial charge in [0.05, 0.1) is 31.6 Å². The maximum absolute atomic E-state index is 12.6. The van der Waals surface area contributed by atoms with Gasteiger partial charge in [0.15, 0.2) is 0 Å². The van der Waals surface area contributed by atoms with Gasteiger partial charge in [0.2, 0.25) is 11.1 Å². The zero-order valence-corrected chi connectivity index (χ0v) is 16.7. The molecule has 9 heteroatoms. The van der Waals surface area contributed by atoms with Crippen molar-refractivity contribution in [3.8, 4) is 5.75 Å². The molecule has 2 atom stereocenters. The minimum atomic E-state index is -0.00983. The summed E-state index contributed by atoms with van der Waals surface area (Å²) in [6.07, 6.45) is 4.54. The van der Waals surface area contributed by atoms with Crippen molar-refractivity contribution in [3.05, 3.63) is 29.8 Å². The van der Waals surface area contributed by atoms with Crippen molar-refractivity contribution in [3.63, 3.8) is 0 Å². The van der Waals surface area contributed by atoms with Crippen LogP contribution in [-0.2, 0) is 16.1 Å². The number of amides is 1. The Labute approximate surface area is 168 Å². The van der Waals surface area contributed by atoms with Gasteiger partial charge < -0.3 is 14.8 Å². The van der Waals surface area contributed by atoms with E-state index in [1.807, 2.05) is 24.3 Å². The maximum atomic E-state index is 12.6. The number of aromatic nitrogens is 4. The van der Waals surface area contributed by atoms with Crippen LogP contribution in [0.3, 0.4) is 0 Å². The first-order valence-corrected chi connectivity index (χ1v) is 10.7. The third-order valence-electron chi connectivity index (χ3n) is 5.12. The summed E-state index contributed by atoms with van der Waals surface area (Å²) in [5, 5.41) is 15.7. The van der Waals surface area contributed by atoms with Crippen LogP contribution in [0, 0.1) is 5.92 Å². The molecule has 1 aliphatic heterocycles. The highest BCUT2D eigenvalue weighted by molar-refractivity contribution is 7.99. The molecule has 2 unspecified atom stereocenters. The van der Waals surface area contributed by atoms with Crippen LogP contribution in [0.2, 0.25) is 0 Å². The van der Waals surface area contributed by atoms with Crippen molar-refractivity contribution < 1.29 is 14.3 Å². The molecule has 0 bridgehead atoms. The molecule has 1 aliphatic carbocycles. The molecule has 28 heavy (non-hydrogen) atoms. The monoisotopic (exact) mass is 403 g/mol.